The van der Waals surface area contributed by atoms with Gasteiger partial charge in [0.2, 0.25) is 0 Å². The minimum Gasteiger partial charge on any atom is -0.381 e. The third-order valence-electron chi connectivity index (χ3n) is 3.68. The number of ether oxygens (including phenoxy) is 1. The van der Waals surface area contributed by atoms with Gasteiger partial charge in [0, 0.05) is 6.54 Å². The van der Waals surface area contributed by atoms with Crippen LogP contribution in [0.2, 0.25) is 0 Å². The van der Waals surface area contributed by atoms with Crippen LogP contribution in [0.3, 0.4) is 0 Å². The second-order valence-corrected chi connectivity index (χ2v) is 8.07. The van der Waals surface area contributed by atoms with Crippen molar-refractivity contribution in [2.75, 3.05) is 17.6 Å². The molecule has 1 saturated heterocycles. The highest BCUT2D eigenvalue weighted by molar-refractivity contribution is 7.91. The molecule has 0 bridgehead atoms. The third kappa shape index (κ3) is 3.52. The molecule has 0 aromatic heterocycles. The molecule has 1 aromatic carbocycles. The minimum absolute atomic E-state index is 0.0681. The van der Waals surface area contributed by atoms with E-state index in [0.717, 1.165) is 12.8 Å². The lowest BCUT2D eigenvalue weighted by Gasteiger charge is -2.20. The smallest absolute Gasteiger partial charge is 0.180 e. The topological polar surface area (TPSA) is 55.4 Å². The SMILES string of the molecule is CCS(=O)(=O)c1ccccc1NCC1CCC(C)(C)O1. The number of nitrogens with one attached hydrogen (secondary N) is 1. The van der Waals surface area contributed by atoms with E-state index in [9.17, 15) is 8.42 Å². The normalized spacial score (nSPS) is 21.9. The van der Waals surface area contributed by atoms with Crippen LogP contribution >= 0.6 is 0 Å². The Kier molecular flexibility index (Phi) is 4.39. The standard InChI is InChI=1S/C15H23NO3S/c1-4-20(17,18)14-8-6-5-7-13(14)16-11-12-9-10-15(2,3)19-12/h5-8,12,16H,4,9-11H2,1-3H3. The average Bonchev–Trinajstić information content (AvgIpc) is 2.76. The van der Waals surface area contributed by atoms with Crippen molar-refractivity contribution in [1.29, 1.82) is 0 Å². The summed E-state index contributed by atoms with van der Waals surface area (Å²) < 4.78 is 30.0. The first-order valence-electron chi connectivity index (χ1n) is 7.07. The number of sulfone groups is 1. The van der Waals surface area contributed by atoms with Crippen LogP contribution in [0.15, 0.2) is 29.2 Å². The van der Waals surface area contributed by atoms with Crippen LogP contribution in [0.1, 0.15) is 33.6 Å². The summed E-state index contributed by atoms with van der Waals surface area (Å²) in [5, 5.41) is 3.23. The molecule has 1 N–H and O–H groups in total. The monoisotopic (exact) mass is 297 g/mol. The van der Waals surface area contributed by atoms with Gasteiger partial charge < -0.3 is 10.1 Å². The van der Waals surface area contributed by atoms with Gasteiger partial charge in [-0.15, -0.1) is 0 Å². The van der Waals surface area contributed by atoms with E-state index in [2.05, 4.69) is 19.2 Å². The lowest BCUT2D eigenvalue weighted by Crippen LogP contribution is -2.25. The Morgan fingerprint density at radius 1 is 1.35 bits per heavy atom. The van der Waals surface area contributed by atoms with Crippen LogP contribution in [0.25, 0.3) is 0 Å². The zero-order valence-electron chi connectivity index (χ0n) is 12.3. The molecular weight excluding hydrogens is 274 g/mol. The maximum Gasteiger partial charge on any atom is 0.180 e. The average molecular weight is 297 g/mol. The Bertz CT molecular complexity index is 566. The number of para-hydroxylation sites is 1. The summed E-state index contributed by atoms with van der Waals surface area (Å²) in [6.45, 7) is 6.47. The van der Waals surface area contributed by atoms with E-state index in [0.29, 0.717) is 17.1 Å². The van der Waals surface area contributed by atoms with Crippen molar-refractivity contribution in [3.05, 3.63) is 24.3 Å². The molecule has 1 aliphatic rings. The summed E-state index contributed by atoms with van der Waals surface area (Å²) in [6.07, 6.45) is 2.18. The molecule has 20 heavy (non-hydrogen) atoms. The molecule has 0 amide bonds. The predicted octanol–water partition coefficient (Wildman–Crippen LogP) is 2.85. The summed E-state index contributed by atoms with van der Waals surface area (Å²) in [6, 6.07) is 7.06. The van der Waals surface area contributed by atoms with Crippen molar-refractivity contribution in [1.82, 2.24) is 0 Å². The van der Waals surface area contributed by atoms with Crippen LogP contribution in [0, 0.1) is 0 Å². The molecule has 1 heterocycles. The molecule has 112 valence electrons. The molecule has 2 rings (SSSR count). The fraction of sp³-hybridized carbons (Fsp3) is 0.600. The molecule has 1 aliphatic heterocycles. The van der Waals surface area contributed by atoms with E-state index in [4.69, 9.17) is 4.74 Å². The summed E-state index contributed by atoms with van der Waals surface area (Å²) in [4.78, 5) is 0.375. The number of hydrogen-bond acceptors (Lipinski definition) is 4. The maximum atomic E-state index is 12.0. The highest BCUT2D eigenvalue weighted by Crippen LogP contribution is 2.30. The molecule has 0 radical (unpaired) electrons. The summed E-state index contributed by atoms with van der Waals surface area (Å²) in [7, 11) is -3.20. The Morgan fingerprint density at radius 3 is 2.65 bits per heavy atom. The second-order valence-electron chi connectivity index (χ2n) is 5.82. The van der Waals surface area contributed by atoms with E-state index in [1.54, 1.807) is 19.1 Å². The largest absolute Gasteiger partial charge is 0.381 e. The van der Waals surface area contributed by atoms with Crippen molar-refractivity contribution in [2.24, 2.45) is 0 Å². The van der Waals surface area contributed by atoms with Crippen molar-refractivity contribution in [3.8, 4) is 0 Å². The molecule has 1 aromatic rings. The molecule has 1 unspecified atom stereocenters. The molecule has 4 nitrogen and oxygen atoms in total. The van der Waals surface area contributed by atoms with Gasteiger partial charge in [-0.05, 0) is 38.8 Å². The van der Waals surface area contributed by atoms with Gasteiger partial charge in [-0.2, -0.15) is 0 Å². The Balaban J connectivity index is 2.08. The van der Waals surface area contributed by atoms with Gasteiger partial charge in [0.15, 0.2) is 9.84 Å². The first-order valence-corrected chi connectivity index (χ1v) is 8.73. The number of rotatable bonds is 5. The fourth-order valence-corrected chi connectivity index (χ4v) is 3.56. The Hall–Kier alpha value is -1.07. The molecule has 0 spiro atoms. The van der Waals surface area contributed by atoms with Crippen LogP contribution < -0.4 is 5.32 Å². The molecular formula is C15H23NO3S. The van der Waals surface area contributed by atoms with Crippen LogP contribution in [-0.4, -0.2) is 32.4 Å². The van der Waals surface area contributed by atoms with E-state index >= 15 is 0 Å². The van der Waals surface area contributed by atoms with E-state index in [1.165, 1.54) is 0 Å². The Labute approximate surface area is 121 Å². The van der Waals surface area contributed by atoms with Crippen LogP contribution in [-0.2, 0) is 14.6 Å². The fourth-order valence-electron chi connectivity index (χ4n) is 2.48. The maximum absolute atomic E-state index is 12.0. The molecule has 0 saturated carbocycles. The van der Waals surface area contributed by atoms with Gasteiger partial charge in [0.05, 0.1) is 28.0 Å². The van der Waals surface area contributed by atoms with Gasteiger partial charge in [0.1, 0.15) is 0 Å². The minimum atomic E-state index is -3.20. The van der Waals surface area contributed by atoms with Crippen LogP contribution in [0.5, 0.6) is 0 Å². The first-order chi connectivity index (χ1) is 9.34. The molecule has 5 heteroatoms. The number of hydrogen-bond donors (Lipinski definition) is 1. The summed E-state index contributed by atoms with van der Waals surface area (Å²) >= 11 is 0. The zero-order chi connectivity index (χ0) is 14.8. The molecule has 1 fully saturated rings. The lowest BCUT2D eigenvalue weighted by atomic mass is 10.1. The number of anilines is 1. The van der Waals surface area contributed by atoms with E-state index in [1.807, 2.05) is 12.1 Å². The highest BCUT2D eigenvalue weighted by atomic mass is 32.2. The van der Waals surface area contributed by atoms with E-state index < -0.39 is 9.84 Å². The van der Waals surface area contributed by atoms with Crippen molar-refractivity contribution >= 4 is 15.5 Å². The van der Waals surface area contributed by atoms with Crippen molar-refractivity contribution in [3.63, 3.8) is 0 Å². The van der Waals surface area contributed by atoms with Gasteiger partial charge in [-0.3, -0.25) is 0 Å². The van der Waals surface area contributed by atoms with Crippen molar-refractivity contribution in [2.45, 2.75) is 50.2 Å². The quantitative estimate of drug-likeness (QED) is 0.908. The molecule has 1 atom stereocenters. The summed E-state index contributed by atoms with van der Waals surface area (Å²) in [5.41, 5.74) is 0.601. The predicted molar refractivity (Wildman–Crippen MR) is 80.8 cm³/mol. The summed E-state index contributed by atoms with van der Waals surface area (Å²) in [5.74, 6) is 0.110. The highest BCUT2D eigenvalue weighted by Gasteiger charge is 2.31. The van der Waals surface area contributed by atoms with Crippen molar-refractivity contribution < 1.29 is 13.2 Å². The van der Waals surface area contributed by atoms with Crippen LogP contribution in [0.4, 0.5) is 5.69 Å². The van der Waals surface area contributed by atoms with Gasteiger partial charge in [-0.1, -0.05) is 19.1 Å². The zero-order valence-corrected chi connectivity index (χ0v) is 13.2. The third-order valence-corrected chi connectivity index (χ3v) is 5.46. The second kappa shape index (κ2) is 5.74. The van der Waals surface area contributed by atoms with E-state index in [-0.39, 0.29) is 17.5 Å². The van der Waals surface area contributed by atoms with Gasteiger partial charge >= 0.3 is 0 Å². The molecule has 0 aliphatic carbocycles. The number of benzene rings is 1. The Morgan fingerprint density at radius 2 is 2.05 bits per heavy atom. The van der Waals surface area contributed by atoms with Gasteiger partial charge in [-0.25, -0.2) is 8.42 Å². The van der Waals surface area contributed by atoms with Gasteiger partial charge in [0.25, 0.3) is 0 Å². The first kappa shape index (κ1) is 15.3. The lowest BCUT2D eigenvalue weighted by molar-refractivity contribution is -0.00912.